The zero-order valence-corrected chi connectivity index (χ0v) is 16.3. The second-order valence-corrected chi connectivity index (χ2v) is 6.66. The highest BCUT2D eigenvalue weighted by Crippen LogP contribution is 2.19. The van der Waals surface area contributed by atoms with E-state index in [9.17, 15) is 4.79 Å². The average Bonchev–Trinajstić information content (AvgIpc) is 3.01. The first-order valence-electron chi connectivity index (χ1n) is 9.03. The van der Waals surface area contributed by atoms with E-state index in [1.807, 2.05) is 61.0 Å². The largest absolute Gasteiger partial charge is 0.338 e. The Hall–Kier alpha value is -3.65. The number of amides is 1. The molecule has 3 aromatic rings. The lowest BCUT2D eigenvalue weighted by molar-refractivity contribution is -0.125. The molecule has 2 aromatic carbocycles. The fraction of sp³-hybridized carbons (Fsp3) is 0.174. The van der Waals surface area contributed by atoms with Crippen LogP contribution in [-0.2, 0) is 11.3 Å². The van der Waals surface area contributed by atoms with Crippen LogP contribution in [-0.4, -0.2) is 27.6 Å². The van der Waals surface area contributed by atoms with Gasteiger partial charge in [-0.05, 0) is 49.8 Å². The highest BCUT2D eigenvalue weighted by molar-refractivity contribution is 5.91. The number of aryl methyl sites for hydroxylation is 1. The van der Waals surface area contributed by atoms with E-state index in [4.69, 9.17) is 5.26 Å². The second-order valence-electron chi connectivity index (χ2n) is 6.66. The Labute approximate surface area is 165 Å². The van der Waals surface area contributed by atoms with Gasteiger partial charge >= 0.3 is 0 Å². The van der Waals surface area contributed by atoms with E-state index in [2.05, 4.69) is 11.2 Å². The minimum absolute atomic E-state index is 0.0874. The summed E-state index contributed by atoms with van der Waals surface area (Å²) in [6.07, 6.45) is 3.31. The Morgan fingerprint density at radius 1 is 1.14 bits per heavy atom. The number of hydrogen-bond donors (Lipinski definition) is 0. The molecule has 0 radical (unpaired) electrons. The molecule has 1 amide bonds. The number of hydrogen-bond acceptors (Lipinski definition) is 3. The Bertz CT molecular complexity index is 1040. The molecule has 1 heterocycles. The standard InChI is InChI=1S/C23H22N4O/c1-17-22(18(2)27(25-17)21-7-5-4-6-8-21)16-26(3)23(28)14-13-19-9-11-20(15-24)12-10-19/h4-14H,16H2,1-3H3/b14-13+. The molecule has 28 heavy (non-hydrogen) atoms. The molecule has 0 N–H and O–H groups in total. The molecule has 5 heteroatoms. The zero-order valence-electron chi connectivity index (χ0n) is 16.3. The van der Waals surface area contributed by atoms with Crippen LogP contribution in [0, 0.1) is 25.2 Å². The van der Waals surface area contributed by atoms with Crippen molar-refractivity contribution < 1.29 is 4.79 Å². The van der Waals surface area contributed by atoms with E-state index in [-0.39, 0.29) is 5.91 Å². The summed E-state index contributed by atoms with van der Waals surface area (Å²) < 4.78 is 1.91. The first kappa shape index (κ1) is 19.1. The van der Waals surface area contributed by atoms with Crippen molar-refractivity contribution >= 4 is 12.0 Å². The molecule has 140 valence electrons. The monoisotopic (exact) mass is 370 g/mol. The van der Waals surface area contributed by atoms with Crippen molar-refractivity contribution in [2.75, 3.05) is 7.05 Å². The van der Waals surface area contributed by atoms with Crippen LogP contribution in [0.3, 0.4) is 0 Å². The lowest BCUT2D eigenvalue weighted by Crippen LogP contribution is -2.24. The molecular weight excluding hydrogens is 348 g/mol. The summed E-state index contributed by atoms with van der Waals surface area (Å²) in [5.74, 6) is -0.0874. The molecule has 0 aliphatic carbocycles. The Kier molecular flexibility index (Phi) is 5.71. The van der Waals surface area contributed by atoms with Gasteiger partial charge in [-0.2, -0.15) is 10.4 Å². The topological polar surface area (TPSA) is 61.9 Å². The van der Waals surface area contributed by atoms with E-state index < -0.39 is 0 Å². The molecule has 0 atom stereocenters. The van der Waals surface area contributed by atoms with Gasteiger partial charge in [0.2, 0.25) is 5.91 Å². The first-order valence-corrected chi connectivity index (χ1v) is 9.03. The number of aromatic nitrogens is 2. The lowest BCUT2D eigenvalue weighted by atomic mass is 10.1. The molecule has 1 aromatic heterocycles. The number of benzene rings is 2. The zero-order chi connectivity index (χ0) is 20.1. The van der Waals surface area contributed by atoms with Crippen molar-refractivity contribution in [1.29, 1.82) is 5.26 Å². The molecule has 0 bridgehead atoms. The van der Waals surface area contributed by atoms with Gasteiger partial charge in [0, 0.05) is 30.9 Å². The maximum Gasteiger partial charge on any atom is 0.246 e. The predicted molar refractivity (Wildman–Crippen MR) is 110 cm³/mol. The van der Waals surface area contributed by atoms with Crippen molar-refractivity contribution in [2.45, 2.75) is 20.4 Å². The van der Waals surface area contributed by atoms with Gasteiger partial charge in [-0.3, -0.25) is 4.79 Å². The molecule has 0 fully saturated rings. The van der Waals surface area contributed by atoms with Gasteiger partial charge in [-0.1, -0.05) is 30.3 Å². The smallest absolute Gasteiger partial charge is 0.246 e. The van der Waals surface area contributed by atoms with Crippen LogP contribution >= 0.6 is 0 Å². The fourth-order valence-electron chi connectivity index (χ4n) is 3.00. The minimum Gasteiger partial charge on any atom is -0.338 e. The van der Waals surface area contributed by atoms with Gasteiger partial charge < -0.3 is 4.90 Å². The summed E-state index contributed by atoms with van der Waals surface area (Å²) in [6, 6.07) is 19.2. The van der Waals surface area contributed by atoms with Crippen LogP contribution in [0.15, 0.2) is 60.7 Å². The Morgan fingerprint density at radius 3 is 2.46 bits per heavy atom. The fourth-order valence-corrected chi connectivity index (χ4v) is 3.00. The average molecular weight is 370 g/mol. The quantitative estimate of drug-likeness (QED) is 0.637. The predicted octanol–water partition coefficient (Wildman–Crippen LogP) is 4.03. The van der Waals surface area contributed by atoms with Crippen LogP contribution in [0.25, 0.3) is 11.8 Å². The van der Waals surface area contributed by atoms with Crippen LogP contribution in [0.1, 0.15) is 28.1 Å². The van der Waals surface area contributed by atoms with Crippen molar-refractivity contribution in [3.8, 4) is 11.8 Å². The molecule has 3 rings (SSSR count). The number of carbonyl (C=O) groups excluding carboxylic acids is 1. The maximum absolute atomic E-state index is 12.5. The molecule has 0 saturated heterocycles. The highest BCUT2D eigenvalue weighted by atomic mass is 16.2. The summed E-state index contributed by atoms with van der Waals surface area (Å²) >= 11 is 0. The first-order chi connectivity index (χ1) is 13.5. The number of nitrogens with zero attached hydrogens (tertiary/aromatic N) is 4. The molecule has 0 saturated carbocycles. The molecule has 0 aliphatic rings. The van der Waals surface area contributed by atoms with Gasteiger partial charge in [0.05, 0.1) is 23.0 Å². The third-order valence-electron chi connectivity index (χ3n) is 4.67. The van der Waals surface area contributed by atoms with Crippen molar-refractivity contribution in [3.63, 3.8) is 0 Å². The lowest BCUT2D eigenvalue weighted by Gasteiger charge is -2.15. The Morgan fingerprint density at radius 2 is 1.82 bits per heavy atom. The van der Waals surface area contributed by atoms with Crippen LogP contribution in [0.2, 0.25) is 0 Å². The van der Waals surface area contributed by atoms with E-state index in [0.717, 1.165) is 28.2 Å². The molecule has 0 aliphatic heterocycles. The van der Waals surface area contributed by atoms with E-state index in [1.165, 1.54) is 0 Å². The van der Waals surface area contributed by atoms with Gasteiger partial charge in [0.15, 0.2) is 0 Å². The minimum atomic E-state index is -0.0874. The third-order valence-corrected chi connectivity index (χ3v) is 4.67. The number of rotatable bonds is 5. The van der Waals surface area contributed by atoms with Crippen molar-refractivity contribution in [2.24, 2.45) is 0 Å². The molecular formula is C23H22N4O. The van der Waals surface area contributed by atoms with Crippen LogP contribution < -0.4 is 0 Å². The second kappa shape index (κ2) is 8.36. The van der Waals surface area contributed by atoms with Gasteiger partial charge in [-0.15, -0.1) is 0 Å². The Balaban J connectivity index is 1.72. The highest BCUT2D eigenvalue weighted by Gasteiger charge is 2.16. The van der Waals surface area contributed by atoms with Crippen LogP contribution in [0.4, 0.5) is 0 Å². The number of carbonyl (C=O) groups is 1. The number of nitriles is 1. The normalized spacial score (nSPS) is 10.8. The summed E-state index contributed by atoms with van der Waals surface area (Å²) in [4.78, 5) is 14.2. The number of para-hydroxylation sites is 1. The SMILES string of the molecule is Cc1nn(-c2ccccc2)c(C)c1CN(C)C(=O)/C=C/c1ccc(C#N)cc1. The van der Waals surface area contributed by atoms with Crippen molar-refractivity contribution in [1.82, 2.24) is 14.7 Å². The summed E-state index contributed by atoms with van der Waals surface area (Å²) in [5, 5.41) is 13.5. The third kappa shape index (κ3) is 4.18. The van der Waals surface area contributed by atoms with Gasteiger partial charge in [-0.25, -0.2) is 4.68 Å². The molecule has 0 spiro atoms. The summed E-state index contributed by atoms with van der Waals surface area (Å²) in [6.45, 7) is 4.47. The van der Waals surface area contributed by atoms with Crippen LogP contribution in [0.5, 0.6) is 0 Å². The van der Waals surface area contributed by atoms with E-state index in [1.54, 1.807) is 36.2 Å². The molecule has 0 unspecified atom stereocenters. The van der Waals surface area contributed by atoms with Crippen molar-refractivity contribution in [3.05, 3.63) is 88.8 Å². The summed E-state index contributed by atoms with van der Waals surface area (Å²) in [7, 11) is 1.78. The maximum atomic E-state index is 12.5. The summed E-state index contributed by atoms with van der Waals surface area (Å²) in [5.41, 5.74) is 5.47. The van der Waals surface area contributed by atoms with E-state index in [0.29, 0.717) is 12.1 Å². The molecule has 5 nitrogen and oxygen atoms in total. The van der Waals surface area contributed by atoms with Gasteiger partial charge in [0.25, 0.3) is 0 Å². The van der Waals surface area contributed by atoms with Gasteiger partial charge in [0.1, 0.15) is 0 Å². The number of likely N-dealkylation sites (N-methyl/N-ethyl adjacent to an activating group) is 1. The van der Waals surface area contributed by atoms with E-state index >= 15 is 0 Å².